The lowest BCUT2D eigenvalue weighted by Crippen LogP contribution is -2.36. The summed E-state index contributed by atoms with van der Waals surface area (Å²) in [5.74, 6) is 0.362. The molecule has 2 aliphatic heterocycles. The van der Waals surface area contributed by atoms with E-state index in [9.17, 15) is 19.2 Å². The molecule has 4 amide bonds. The second-order valence-corrected chi connectivity index (χ2v) is 10.9. The van der Waals surface area contributed by atoms with E-state index in [1.807, 2.05) is 39.0 Å². The molecule has 0 atom stereocenters. The number of carbonyl (C=O) groups is 4. The van der Waals surface area contributed by atoms with Crippen molar-refractivity contribution < 1.29 is 38.1 Å². The lowest BCUT2D eigenvalue weighted by molar-refractivity contribution is -0.127. The van der Waals surface area contributed by atoms with Crippen LogP contribution in [0.2, 0.25) is 0 Å². The van der Waals surface area contributed by atoms with E-state index in [1.165, 1.54) is 0 Å². The normalized spacial score (nSPS) is 14.9. The molecule has 2 heterocycles. The average molecular weight is 618 g/mol. The molecule has 12 heteroatoms. The molecule has 0 saturated carbocycles. The van der Waals surface area contributed by atoms with Crippen molar-refractivity contribution in [1.82, 2.24) is 4.90 Å². The summed E-state index contributed by atoms with van der Waals surface area (Å²) in [7, 11) is 0. The van der Waals surface area contributed by atoms with Crippen molar-refractivity contribution in [3.8, 4) is 23.0 Å². The quantitative estimate of drug-likeness (QED) is 0.296. The van der Waals surface area contributed by atoms with Gasteiger partial charge >= 0.3 is 0 Å². The van der Waals surface area contributed by atoms with Gasteiger partial charge in [-0.05, 0) is 91.7 Å². The highest BCUT2D eigenvalue weighted by atomic mass is 32.2. The first-order chi connectivity index (χ1) is 21.2. The first kappa shape index (κ1) is 30.5. The Morgan fingerprint density at radius 1 is 0.864 bits per heavy atom. The number of aryl methyl sites for hydroxylation is 2. The van der Waals surface area contributed by atoms with Crippen LogP contribution < -0.4 is 29.6 Å². The number of hydrogen-bond acceptors (Lipinski definition) is 9. The molecule has 0 bridgehead atoms. The van der Waals surface area contributed by atoms with Crippen molar-refractivity contribution in [2.24, 2.45) is 0 Å². The van der Waals surface area contributed by atoms with Gasteiger partial charge in [-0.25, -0.2) is 0 Å². The third kappa shape index (κ3) is 7.32. The van der Waals surface area contributed by atoms with Gasteiger partial charge in [0.15, 0.2) is 29.6 Å². The Kier molecular flexibility index (Phi) is 9.39. The number of imide groups is 1. The molecule has 2 aliphatic rings. The molecule has 1 fully saturated rings. The number of fused-ring (bicyclic) bond motifs is 1. The van der Waals surface area contributed by atoms with Crippen LogP contribution >= 0.6 is 11.8 Å². The molecule has 3 aromatic rings. The van der Waals surface area contributed by atoms with Gasteiger partial charge in [0.2, 0.25) is 5.91 Å². The molecule has 0 aromatic heterocycles. The maximum atomic E-state index is 13.0. The Labute approximate surface area is 258 Å². The van der Waals surface area contributed by atoms with Crippen molar-refractivity contribution >= 4 is 52.2 Å². The van der Waals surface area contributed by atoms with Crippen LogP contribution in [0.4, 0.5) is 16.2 Å². The summed E-state index contributed by atoms with van der Waals surface area (Å²) in [5.41, 5.74) is 3.90. The third-order valence-corrected chi connectivity index (χ3v) is 7.62. The monoisotopic (exact) mass is 617 g/mol. The molecule has 0 spiro atoms. The largest absolute Gasteiger partial charge is 0.490 e. The maximum absolute atomic E-state index is 13.0. The van der Waals surface area contributed by atoms with Gasteiger partial charge < -0.3 is 29.6 Å². The van der Waals surface area contributed by atoms with E-state index >= 15 is 0 Å². The van der Waals surface area contributed by atoms with Gasteiger partial charge in [-0.15, -0.1) is 0 Å². The predicted molar refractivity (Wildman–Crippen MR) is 166 cm³/mol. The van der Waals surface area contributed by atoms with Crippen LogP contribution in [0.25, 0.3) is 6.08 Å². The van der Waals surface area contributed by atoms with Crippen LogP contribution in [-0.4, -0.2) is 60.8 Å². The Balaban J connectivity index is 1.21. The fourth-order valence-corrected chi connectivity index (χ4v) is 5.25. The Morgan fingerprint density at radius 2 is 1.59 bits per heavy atom. The molecule has 44 heavy (non-hydrogen) atoms. The molecular formula is C32H31N3O8S. The van der Waals surface area contributed by atoms with Crippen molar-refractivity contribution in [3.05, 3.63) is 76.2 Å². The lowest BCUT2D eigenvalue weighted by Gasteiger charge is -2.19. The first-order valence-corrected chi connectivity index (χ1v) is 14.7. The number of rotatable bonds is 10. The van der Waals surface area contributed by atoms with Gasteiger partial charge in [-0.1, -0.05) is 12.1 Å². The standard InChI is InChI=1S/C32H31N3O8S/c1-4-40-26-14-21(6-9-25(26)43-18-30(37)34-22-7-5-19(2)20(3)13-22)15-28-31(38)35(32(39)44-28)17-29(36)33-23-8-10-24-27(16-23)42-12-11-41-24/h5-10,13-16H,4,11-12,17-18H2,1-3H3,(H,33,36)(H,34,37)/b28-15+. The third-order valence-electron chi connectivity index (χ3n) is 6.72. The summed E-state index contributed by atoms with van der Waals surface area (Å²) in [6.07, 6.45) is 1.54. The van der Waals surface area contributed by atoms with Crippen LogP contribution in [0.5, 0.6) is 23.0 Å². The average Bonchev–Trinajstić information content (AvgIpc) is 3.25. The fourth-order valence-electron chi connectivity index (χ4n) is 4.41. The molecular weight excluding hydrogens is 586 g/mol. The van der Waals surface area contributed by atoms with Crippen LogP contribution in [0.15, 0.2) is 59.5 Å². The zero-order valence-electron chi connectivity index (χ0n) is 24.4. The number of ether oxygens (including phenoxy) is 4. The van der Waals surface area contributed by atoms with E-state index in [0.29, 0.717) is 59.8 Å². The summed E-state index contributed by atoms with van der Waals surface area (Å²) in [6.45, 7) is 6.28. The highest BCUT2D eigenvalue weighted by Gasteiger charge is 2.36. The van der Waals surface area contributed by atoms with Gasteiger partial charge in [0.05, 0.1) is 11.5 Å². The van der Waals surface area contributed by atoms with Gasteiger partial charge in [-0.2, -0.15) is 0 Å². The van der Waals surface area contributed by atoms with Crippen LogP contribution in [0.1, 0.15) is 23.6 Å². The SMILES string of the molecule is CCOc1cc(/C=C2/SC(=O)N(CC(=O)Nc3ccc4c(c3)OCCO4)C2=O)ccc1OCC(=O)Nc1ccc(C)c(C)c1. The maximum Gasteiger partial charge on any atom is 0.294 e. The molecule has 0 aliphatic carbocycles. The minimum absolute atomic E-state index is 0.158. The number of thioether (sulfide) groups is 1. The Morgan fingerprint density at radius 3 is 2.36 bits per heavy atom. The number of anilines is 2. The molecule has 11 nitrogen and oxygen atoms in total. The Hall–Kier alpha value is -4.97. The smallest absolute Gasteiger partial charge is 0.294 e. The summed E-state index contributed by atoms with van der Waals surface area (Å²) < 4.78 is 22.4. The van der Waals surface area contributed by atoms with Gasteiger partial charge in [-0.3, -0.25) is 24.1 Å². The van der Waals surface area contributed by atoms with E-state index in [0.717, 1.165) is 27.8 Å². The highest BCUT2D eigenvalue weighted by molar-refractivity contribution is 8.18. The minimum Gasteiger partial charge on any atom is -0.490 e. The van der Waals surface area contributed by atoms with Gasteiger partial charge in [0.25, 0.3) is 17.1 Å². The van der Waals surface area contributed by atoms with Crippen LogP contribution in [0.3, 0.4) is 0 Å². The lowest BCUT2D eigenvalue weighted by atomic mass is 10.1. The topological polar surface area (TPSA) is 133 Å². The molecule has 5 rings (SSSR count). The predicted octanol–water partition coefficient (Wildman–Crippen LogP) is 5.17. The number of carbonyl (C=O) groups excluding carboxylic acids is 4. The van der Waals surface area contributed by atoms with E-state index in [4.69, 9.17) is 18.9 Å². The van der Waals surface area contributed by atoms with Gasteiger partial charge in [0, 0.05) is 17.4 Å². The Bertz CT molecular complexity index is 1650. The summed E-state index contributed by atoms with van der Waals surface area (Å²) in [5, 5.41) is 4.94. The van der Waals surface area contributed by atoms with E-state index in [1.54, 1.807) is 42.5 Å². The van der Waals surface area contributed by atoms with Gasteiger partial charge in [0.1, 0.15) is 19.8 Å². The molecule has 1 saturated heterocycles. The van der Waals surface area contributed by atoms with Crippen molar-refractivity contribution in [3.63, 3.8) is 0 Å². The molecule has 2 N–H and O–H groups in total. The molecule has 228 valence electrons. The minimum atomic E-state index is -0.585. The second-order valence-electron chi connectivity index (χ2n) is 9.95. The number of amides is 4. The second kappa shape index (κ2) is 13.6. The van der Waals surface area contributed by atoms with E-state index in [2.05, 4.69) is 10.6 Å². The summed E-state index contributed by atoms with van der Waals surface area (Å²) >= 11 is 0.741. The van der Waals surface area contributed by atoms with E-state index in [-0.39, 0.29) is 17.4 Å². The zero-order chi connectivity index (χ0) is 31.2. The van der Waals surface area contributed by atoms with Crippen LogP contribution in [0, 0.1) is 13.8 Å². The highest BCUT2D eigenvalue weighted by Crippen LogP contribution is 2.35. The first-order valence-electron chi connectivity index (χ1n) is 13.9. The summed E-state index contributed by atoms with van der Waals surface area (Å²) in [6, 6.07) is 15.6. The van der Waals surface area contributed by atoms with Crippen molar-refractivity contribution in [1.29, 1.82) is 0 Å². The number of benzene rings is 3. The molecule has 0 radical (unpaired) electrons. The number of nitrogens with one attached hydrogen (secondary N) is 2. The molecule has 0 unspecified atom stereocenters. The summed E-state index contributed by atoms with van der Waals surface area (Å²) in [4.78, 5) is 51.9. The van der Waals surface area contributed by atoms with Crippen molar-refractivity contribution in [2.75, 3.05) is 43.6 Å². The zero-order valence-corrected chi connectivity index (χ0v) is 25.2. The van der Waals surface area contributed by atoms with Crippen LogP contribution in [-0.2, 0) is 14.4 Å². The number of hydrogen-bond donors (Lipinski definition) is 2. The van der Waals surface area contributed by atoms with E-state index < -0.39 is 23.6 Å². The molecule has 3 aromatic carbocycles. The fraction of sp³-hybridized carbons (Fsp3) is 0.250. The number of nitrogens with zero attached hydrogens (tertiary/aromatic N) is 1. The van der Waals surface area contributed by atoms with Crippen molar-refractivity contribution in [2.45, 2.75) is 20.8 Å².